The maximum Gasteiger partial charge on any atom is 0.271 e. The van der Waals surface area contributed by atoms with Crippen LogP contribution in [-0.2, 0) is 14.8 Å². The molecular formula is C16H17ClN4O4S2. The van der Waals surface area contributed by atoms with E-state index < -0.39 is 15.9 Å². The second-order valence-corrected chi connectivity index (χ2v) is 8.70. The first-order valence-electron chi connectivity index (χ1n) is 7.93. The number of nitrogens with two attached hydrogens (primary N) is 1. The molecule has 0 saturated carbocycles. The van der Waals surface area contributed by atoms with E-state index in [4.69, 9.17) is 21.5 Å². The van der Waals surface area contributed by atoms with Gasteiger partial charge in [0.2, 0.25) is 10.0 Å². The molecule has 1 saturated heterocycles. The molecule has 1 aliphatic rings. The number of amides is 1. The molecule has 0 unspecified atom stereocenters. The number of rotatable bonds is 5. The third-order valence-electron chi connectivity index (χ3n) is 3.79. The largest absolute Gasteiger partial charge is 0.378 e. The number of sulfonamides is 1. The number of carbonyl (C=O) groups excluding carboxylic acids is 1. The number of ether oxygens (including phenoxy) is 1. The molecule has 3 N–H and O–H groups in total. The summed E-state index contributed by atoms with van der Waals surface area (Å²) in [7, 11) is -4.02. The molecule has 3 rings (SSSR count). The van der Waals surface area contributed by atoms with Gasteiger partial charge in [0.15, 0.2) is 0 Å². The van der Waals surface area contributed by atoms with Crippen molar-refractivity contribution in [3.05, 3.63) is 45.8 Å². The lowest BCUT2D eigenvalue weighted by Gasteiger charge is -2.27. The van der Waals surface area contributed by atoms with Gasteiger partial charge in [0, 0.05) is 23.5 Å². The van der Waals surface area contributed by atoms with Gasteiger partial charge >= 0.3 is 0 Å². The molecule has 1 aromatic heterocycles. The molecule has 1 aromatic carbocycles. The molecule has 0 spiro atoms. The number of halogens is 1. The number of primary sulfonamides is 1. The normalized spacial score (nSPS) is 15.3. The van der Waals surface area contributed by atoms with Crippen LogP contribution in [-0.4, -0.2) is 46.8 Å². The predicted molar refractivity (Wildman–Crippen MR) is 105 cm³/mol. The van der Waals surface area contributed by atoms with Gasteiger partial charge < -0.3 is 9.64 Å². The van der Waals surface area contributed by atoms with Crippen LogP contribution in [0.3, 0.4) is 0 Å². The van der Waals surface area contributed by atoms with E-state index in [1.165, 1.54) is 18.3 Å². The minimum Gasteiger partial charge on any atom is -0.378 e. The molecule has 0 atom stereocenters. The Balaban J connectivity index is 1.65. The fourth-order valence-corrected chi connectivity index (χ4v) is 4.45. The first kappa shape index (κ1) is 19.8. The van der Waals surface area contributed by atoms with Crippen LogP contribution < -0.4 is 15.5 Å². The predicted octanol–water partition coefficient (Wildman–Crippen LogP) is 1.65. The Morgan fingerprint density at radius 3 is 2.74 bits per heavy atom. The third kappa shape index (κ3) is 5.05. The van der Waals surface area contributed by atoms with Gasteiger partial charge in [0.05, 0.1) is 29.5 Å². The highest BCUT2D eigenvalue weighted by Crippen LogP contribution is 2.25. The summed E-state index contributed by atoms with van der Waals surface area (Å²) in [6.07, 6.45) is 1.53. The molecule has 0 radical (unpaired) electrons. The summed E-state index contributed by atoms with van der Waals surface area (Å²) in [5, 5.41) is 10.1. The Hall–Kier alpha value is -1.98. The van der Waals surface area contributed by atoms with Crippen LogP contribution in [0.5, 0.6) is 0 Å². The van der Waals surface area contributed by atoms with Gasteiger partial charge in [0.1, 0.15) is 4.90 Å². The number of hydrogen-bond acceptors (Lipinski definition) is 7. The summed E-state index contributed by atoms with van der Waals surface area (Å²) in [5.74, 6) is -0.572. The van der Waals surface area contributed by atoms with E-state index in [0.717, 1.165) is 29.0 Å². The Labute approximate surface area is 165 Å². The maximum atomic E-state index is 12.2. The molecule has 2 heterocycles. The molecule has 1 aliphatic heterocycles. The lowest BCUT2D eigenvalue weighted by molar-refractivity contribution is 0.0955. The zero-order valence-electron chi connectivity index (χ0n) is 14.1. The Morgan fingerprint density at radius 2 is 2.04 bits per heavy atom. The van der Waals surface area contributed by atoms with E-state index >= 15 is 0 Å². The van der Waals surface area contributed by atoms with Crippen LogP contribution in [0, 0.1) is 0 Å². The highest BCUT2D eigenvalue weighted by molar-refractivity contribution is 7.89. The standard InChI is InChI=1S/C16H17ClN4O4S2/c17-13-3-1-11(9-14(13)27(18,23)24)16(22)20-19-10-12-2-4-15(26-12)21-5-7-25-8-6-21/h1-4,9-10H,5-8H2,(H,20,22)(H2,18,23,24)/b19-10-. The first-order chi connectivity index (χ1) is 12.8. The van der Waals surface area contributed by atoms with Gasteiger partial charge in [-0.1, -0.05) is 11.6 Å². The summed E-state index contributed by atoms with van der Waals surface area (Å²) in [5.41, 5.74) is 2.44. The first-order valence-corrected chi connectivity index (χ1v) is 10.7. The number of nitrogens with one attached hydrogen (secondary N) is 1. The quantitative estimate of drug-likeness (QED) is 0.555. The van der Waals surface area contributed by atoms with Gasteiger partial charge in [-0.05, 0) is 30.3 Å². The topological polar surface area (TPSA) is 114 Å². The van der Waals surface area contributed by atoms with Crippen LogP contribution in [0.4, 0.5) is 5.00 Å². The molecule has 144 valence electrons. The van der Waals surface area contributed by atoms with Crippen LogP contribution in [0.25, 0.3) is 0 Å². The second kappa shape index (κ2) is 8.36. The van der Waals surface area contributed by atoms with Gasteiger partial charge in [0.25, 0.3) is 5.91 Å². The molecule has 11 heteroatoms. The Morgan fingerprint density at radius 1 is 1.30 bits per heavy atom. The number of hydrogen-bond donors (Lipinski definition) is 2. The fraction of sp³-hybridized carbons (Fsp3) is 0.250. The van der Waals surface area contributed by atoms with E-state index in [-0.39, 0.29) is 15.5 Å². The monoisotopic (exact) mass is 428 g/mol. The smallest absolute Gasteiger partial charge is 0.271 e. The van der Waals surface area contributed by atoms with Crippen LogP contribution in [0.1, 0.15) is 15.2 Å². The maximum absolute atomic E-state index is 12.2. The summed E-state index contributed by atoms with van der Waals surface area (Å²) < 4.78 is 28.3. The van der Waals surface area contributed by atoms with Crippen molar-refractivity contribution in [2.45, 2.75) is 4.90 Å². The molecule has 2 aromatic rings. The van der Waals surface area contributed by atoms with E-state index in [1.807, 2.05) is 12.1 Å². The third-order valence-corrected chi connectivity index (χ3v) is 6.27. The number of benzene rings is 1. The van der Waals surface area contributed by atoms with Crippen molar-refractivity contribution in [2.75, 3.05) is 31.2 Å². The van der Waals surface area contributed by atoms with Gasteiger partial charge in [-0.2, -0.15) is 5.10 Å². The average molecular weight is 429 g/mol. The molecule has 8 nitrogen and oxygen atoms in total. The number of hydrazone groups is 1. The van der Waals surface area contributed by atoms with E-state index in [9.17, 15) is 13.2 Å². The lowest BCUT2D eigenvalue weighted by Crippen LogP contribution is -2.35. The second-order valence-electron chi connectivity index (χ2n) is 5.66. The molecule has 0 bridgehead atoms. The summed E-state index contributed by atoms with van der Waals surface area (Å²) >= 11 is 7.36. The van der Waals surface area contributed by atoms with Crippen molar-refractivity contribution in [1.29, 1.82) is 0 Å². The zero-order valence-corrected chi connectivity index (χ0v) is 16.5. The summed E-state index contributed by atoms with van der Waals surface area (Å²) in [6.45, 7) is 3.10. The number of anilines is 1. The molecule has 27 heavy (non-hydrogen) atoms. The number of carbonyl (C=O) groups is 1. The van der Waals surface area contributed by atoms with Crippen LogP contribution in [0.15, 0.2) is 40.3 Å². The number of nitrogens with zero attached hydrogens (tertiary/aromatic N) is 2. The Bertz CT molecular complexity index is 969. The van der Waals surface area contributed by atoms with Crippen molar-refractivity contribution in [1.82, 2.24) is 5.43 Å². The molecule has 1 amide bonds. The highest BCUT2D eigenvalue weighted by atomic mass is 35.5. The van der Waals surface area contributed by atoms with Crippen molar-refractivity contribution < 1.29 is 17.9 Å². The van der Waals surface area contributed by atoms with E-state index in [2.05, 4.69) is 15.4 Å². The van der Waals surface area contributed by atoms with Crippen molar-refractivity contribution in [3.63, 3.8) is 0 Å². The van der Waals surface area contributed by atoms with Gasteiger partial charge in [-0.25, -0.2) is 19.0 Å². The average Bonchev–Trinajstić information content (AvgIpc) is 3.10. The highest BCUT2D eigenvalue weighted by Gasteiger charge is 2.16. The van der Waals surface area contributed by atoms with Gasteiger partial charge in [-0.3, -0.25) is 4.79 Å². The zero-order chi connectivity index (χ0) is 19.4. The van der Waals surface area contributed by atoms with Crippen molar-refractivity contribution in [2.24, 2.45) is 10.2 Å². The fourth-order valence-electron chi connectivity index (χ4n) is 2.45. The van der Waals surface area contributed by atoms with Crippen LogP contribution >= 0.6 is 22.9 Å². The number of thiophene rings is 1. The molecular weight excluding hydrogens is 412 g/mol. The van der Waals surface area contributed by atoms with Crippen molar-refractivity contribution in [3.8, 4) is 0 Å². The number of morpholine rings is 1. The van der Waals surface area contributed by atoms with E-state index in [1.54, 1.807) is 11.3 Å². The van der Waals surface area contributed by atoms with E-state index in [0.29, 0.717) is 13.2 Å². The Kier molecular flexibility index (Phi) is 6.12. The molecule has 0 aliphatic carbocycles. The van der Waals surface area contributed by atoms with Crippen molar-refractivity contribution >= 4 is 50.1 Å². The lowest BCUT2D eigenvalue weighted by atomic mass is 10.2. The van der Waals surface area contributed by atoms with Gasteiger partial charge in [-0.15, -0.1) is 11.3 Å². The molecule has 1 fully saturated rings. The SMILES string of the molecule is NS(=O)(=O)c1cc(C(=O)N/N=C\c2ccc(N3CCOCC3)s2)ccc1Cl. The minimum atomic E-state index is -4.02. The summed E-state index contributed by atoms with van der Waals surface area (Å²) in [6, 6.07) is 7.71. The summed E-state index contributed by atoms with van der Waals surface area (Å²) in [4.78, 5) is 14.9. The minimum absolute atomic E-state index is 0.0493. The van der Waals surface area contributed by atoms with Crippen LogP contribution in [0.2, 0.25) is 5.02 Å².